The van der Waals surface area contributed by atoms with E-state index in [1.807, 2.05) is 0 Å². The lowest BCUT2D eigenvalue weighted by molar-refractivity contribution is 0.0696. The fraction of sp³-hybridized carbons (Fsp3) is 0.174. The molecule has 0 fully saturated rings. The van der Waals surface area contributed by atoms with Crippen molar-refractivity contribution < 1.29 is 28.5 Å². The van der Waals surface area contributed by atoms with Gasteiger partial charge in [-0.2, -0.15) is 9.78 Å². The number of nitrogen functional groups attached to an aromatic ring is 1. The Balaban J connectivity index is 1.66. The number of aromatic carboxylic acids is 1. The quantitative estimate of drug-likeness (QED) is 0.144. The number of nitrogens with two attached hydrogens (primary N) is 1. The zero-order valence-corrected chi connectivity index (χ0v) is 19.7. The number of methoxy groups -OCH3 is 1. The van der Waals surface area contributed by atoms with Gasteiger partial charge in [0.1, 0.15) is 30.7 Å². The molecular weight excluding hydrogens is 503 g/mol. The fourth-order valence-electron chi connectivity index (χ4n) is 3.95. The van der Waals surface area contributed by atoms with E-state index in [0.717, 1.165) is 10.9 Å². The lowest BCUT2D eigenvalue weighted by atomic mass is 10.0. The lowest BCUT2D eigenvalue weighted by Crippen LogP contribution is -2.21. The Morgan fingerprint density at radius 3 is 2.66 bits per heavy atom. The highest BCUT2D eigenvalue weighted by molar-refractivity contribution is 5.95. The number of aromatic nitrogens is 5. The van der Waals surface area contributed by atoms with E-state index in [1.54, 1.807) is 24.3 Å². The molecule has 1 aliphatic rings. The SMILES string of the molecule is COc1cc(C(Nc2ccc(C(=N)N)cc2)c2nn(-c3[nH]ncc3C(=O)O)c(=O)[nH]2)c(F)c2c1OCCO2. The molecule has 38 heavy (non-hydrogen) atoms. The van der Waals surface area contributed by atoms with Crippen LogP contribution in [0.2, 0.25) is 0 Å². The molecule has 15 heteroatoms. The minimum Gasteiger partial charge on any atom is -0.493 e. The number of carboxylic acid groups (broad SMARTS) is 1. The summed E-state index contributed by atoms with van der Waals surface area (Å²) in [4.78, 5) is 26.9. The summed E-state index contributed by atoms with van der Waals surface area (Å²) in [5, 5.41) is 30.5. The number of H-pyrrole nitrogens is 2. The van der Waals surface area contributed by atoms with Crippen LogP contribution in [-0.2, 0) is 0 Å². The van der Waals surface area contributed by atoms with Gasteiger partial charge in [-0.05, 0) is 30.3 Å². The first-order valence-electron chi connectivity index (χ1n) is 11.1. The number of hydrogen-bond acceptors (Lipinski definition) is 9. The average Bonchev–Trinajstić information content (AvgIpc) is 3.55. The minimum atomic E-state index is -1.33. The van der Waals surface area contributed by atoms with Crippen molar-refractivity contribution in [3.05, 3.63) is 75.3 Å². The maximum Gasteiger partial charge on any atom is 0.349 e. The molecule has 5 rings (SSSR count). The summed E-state index contributed by atoms with van der Waals surface area (Å²) in [6, 6.07) is 6.67. The maximum atomic E-state index is 15.9. The second kappa shape index (κ2) is 9.61. The van der Waals surface area contributed by atoms with Crippen molar-refractivity contribution in [1.82, 2.24) is 25.0 Å². The van der Waals surface area contributed by atoms with Gasteiger partial charge in [0.05, 0.1) is 13.3 Å². The van der Waals surface area contributed by atoms with Crippen molar-refractivity contribution >= 4 is 17.5 Å². The third-order valence-electron chi connectivity index (χ3n) is 5.75. The number of hydrogen-bond donors (Lipinski definition) is 6. The van der Waals surface area contributed by atoms with Crippen LogP contribution in [0, 0.1) is 11.2 Å². The van der Waals surface area contributed by atoms with E-state index in [-0.39, 0.29) is 59.1 Å². The van der Waals surface area contributed by atoms with Crippen LogP contribution in [0.1, 0.15) is 33.4 Å². The predicted octanol–water partition coefficient (Wildman–Crippen LogP) is 1.39. The van der Waals surface area contributed by atoms with E-state index >= 15 is 4.39 Å². The molecule has 0 radical (unpaired) electrons. The van der Waals surface area contributed by atoms with Crippen LogP contribution < -0.4 is 31.0 Å². The zero-order chi connectivity index (χ0) is 27.0. The largest absolute Gasteiger partial charge is 0.493 e. The molecule has 4 aromatic rings. The van der Waals surface area contributed by atoms with E-state index in [9.17, 15) is 14.7 Å². The van der Waals surface area contributed by atoms with E-state index in [4.69, 9.17) is 25.4 Å². The van der Waals surface area contributed by atoms with Crippen molar-refractivity contribution in [1.29, 1.82) is 5.41 Å². The number of nitrogens with one attached hydrogen (secondary N) is 4. The zero-order valence-electron chi connectivity index (χ0n) is 19.7. The molecule has 0 saturated heterocycles. The van der Waals surface area contributed by atoms with Gasteiger partial charge < -0.3 is 30.4 Å². The van der Waals surface area contributed by atoms with Gasteiger partial charge in [0.25, 0.3) is 0 Å². The molecule has 7 N–H and O–H groups in total. The van der Waals surface area contributed by atoms with Crippen molar-refractivity contribution in [2.75, 3.05) is 25.6 Å². The standard InChI is InChI=1S/C23H21FN8O6/c1-36-14-8-12(15(24)18-17(14)37-6-7-38-18)16(28-11-4-2-10(3-5-11)19(25)26)20-29-23(35)32(31-20)21-13(22(33)34)9-27-30-21/h2-5,8-9,16,28H,6-7H2,1H3,(H3,25,26)(H,27,30)(H,33,34)(H,29,31,35). The van der Waals surface area contributed by atoms with Gasteiger partial charge in [-0.1, -0.05) is 0 Å². The van der Waals surface area contributed by atoms with E-state index < -0.39 is 23.5 Å². The van der Waals surface area contributed by atoms with Crippen LogP contribution in [-0.4, -0.2) is 62.2 Å². The summed E-state index contributed by atoms with van der Waals surface area (Å²) < 4.78 is 33.1. The Morgan fingerprint density at radius 1 is 1.29 bits per heavy atom. The molecule has 196 valence electrons. The van der Waals surface area contributed by atoms with Gasteiger partial charge in [-0.25, -0.2) is 14.0 Å². The van der Waals surface area contributed by atoms with Crippen LogP contribution in [0.3, 0.4) is 0 Å². The molecule has 0 spiro atoms. The molecule has 1 atom stereocenters. The first kappa shape index (κ1) is 24.4. The molecular formula is C23H21FN8O6. The number of halogens is 1. The monoisotopic (exact) mass is 524 g/mol. The Hall–Kier alpha value is -5.34. The van der Waals surface area contributed by atoms with Crippen molar-refractivity contribution in [3.8, 4) is 23.1 Å². The fourth-order valence-corrected chi connectivity index (χ4v) is 3.95. The van der Waals surface area contributed by atoms with Crippen LogP contribution in [0.25, 0.3) is 5.82 Å². The smallest absolute Gasteiger partial charge is 0.349 e. The number of benzene rings is 2. The van der Waals surface area contributed by atoms with Gasteiger partial charge in [-0.3, -0.25) is 15.5 Å². The van der Waals surface area contributed by atoms with Crippen LogP contribution in [0.4, 0.5) is 10.1 Å². The molecule has 0 amide bonds. The highest BCUT2D eigenvalue weighted by atomic mass is 19.1. The van der Waals surface area contributed by atoms with Gasteiger partial charge in [-0.15, -0.1) is 5.10 Å². The number of carbonyl (C=O) groups is 1. The van der Waals surface area contributed by atoms with Crippen molar-refractivity contribution in [3.63, 3.8) is 0 Å². The number of aromatic amines is 2. The Labute approximate surface area is 212 Å². The molecule has 1 aliphatic heterocycles. The summed E-state index contributed by atoms with van der Waals surface area (Å²) in [5.41, 5.74) is 5.38. The normalized spacial score (nSPS) is 13.1. The van der Waals surface area contributed by atoms with E-state index in [0.29, 0.717) is 11.3 Å². The third-order valence-corrected chi connectivity index (χ3v) is 5.75. The second-order valence-electron chi connectivity index (χ2n) is 8.07. The number of fused-ring (bicyclic) bond motifs is 1. The molecule has 2 aromatic heterocycles. The topological polar surface area (TPSA) is 206 Å². The number of anilines is 1. The van der Waals surface area contributed by atoms with Crippen LogP contribution in [0.15, 0.2) is 41.3 Å². The Kier molecular flexibility index (Phi) is 6.16. The molecule has 3 heterocycles. The van der Waals surface area contributed by atoms with Gasteiger partial charge in [0.2, 0.25) is 11.5 Å². The summed E-state index contributed by atoms with van der Waals surface area (Å²) in [6.45, 7) is 0.324. The molecule has 2 aromatic carbocycles. The number of carboxylic acids is 1. The number of nitrogens with zero attached hydrogens (tertiary/aromatic N) is 3. The minimum absolute atomic E-state index is 0.00860. The van der Waals surface area contributed by atoms with Gasteiger partial charge in [0, 0.05) is 16.8 Å². The first-order chi connectivity index (χ1) is 18.3. The van der Waals surface area contributed by atoms with E-state index in [1.165, 1.54) is 13.2 Å². The Morgan fingerprint density at radius 2 is 2.00 bits per heavy atom. The molecule has 1 unspecified atom stereocenters. The average molecular weight is 524 g/mol. The molecule has 0 aliphatic carbocycles. The summed E-state index contributed by atoms with van der Waals surface area (Å²) in [7, 11) is 1.39. The summed E-state index contributed by atoms with van der Waals surface area (Å²) >= 11 is 0. The Bertz CT molecular complexity index is 1590. The molecule has 0 bridgehead atoms. The maximum absolute atomic E-state index is 15.9. The highest BCUT2D eigenvalue weighted by Gasteiger charge is 2.31. The van der Waals surface area contributed by atoms with E-state index in [2.05, 4.69) is 25.6 Å². The lowest BCUT2D eigenvalue weighted by Gasteiger charge is -2.25. The van der Waals surface area contributed by atoms with Crippen molar-refractivity contribution in [2.45, 2.75) is 6.04 Å². The van der Waals surface area contributed by atoms with Crippen LogP contribution in [0.5, 0.6) is 17.2 Å². The first-order valence-corrected chi connectivity index (χ1v) is 11.1. The second-order valence-corrected chi connectivity index (χ2v) is 8.07. The molecule has 0 saturated carbocycles. The van der Waals surface area contributed by atoms with Gasteiger partial charge >= 0.3 is 11.7 Å². The molecule has 14 nitrogen and oxygen atoms in total. The number of amidine groups is 1. The number of rotatable bonds is 8. The van der Waals surface area contributed by atoms with Crippen LogP contribution >= 0.6 is 0 Å². The van der Waals surface area contributed by atoms with Crippen molar-refractivity contribution in [2.24, 2.45) is 5.73 Å². The number of ether oxygens (including phenoxy) is 3. The summed E-state index contributed by atoms with van der Waals surface area (Å²) in [5.74, 6) is -2.34. The highest BCUT2D eigenvalue weighted by Crippen LogP contribution is 2.45. The third kappa shape index (κ3) is 4.25. The summed E-state index contributed by atoms with van der Waals surface area (Å²) in [6.07, 6.45) is 1.04. The predicted molar refractivity (Wildman–Crippen MR) is 130 cm³/mol. The van der Waals surface area contributed by atoms with Gasteiger partial charge in [0.15, 0.2) is 23.2 Å².